The lowest BCUT2D eigenvalue weighted by Gasteiger charge is -2.16. The maximum absolute atomic E-state index is 12.8. The molecule has 11 heteroatoms. The number of anilines is 4. The highest BCUT2D eigenvalue weighted by atomic mass is 16.5. The number of methoxy groups -OCH3 is 1. The number of hydrogen-bond donors (Lipinski definition) is 2. The van der Waals surface area contributed by atoms with Gasteiger partial charge in [0.2, 0.25) is 11.8 Å². The number of aromatic nitrogens is 5. The van der Waals surface area contributed by atoms with Crippen LogP contribution in [0.2, 0.25) is 0 Å². The van der Waals surface area contributed by atoms with Gasteiger partial charge in [0.15, 0.2) is 17.2 Å². The molecule has 11 nitrogen and oxygen atoms in total. The van der Waals surface area contributed by atoms with Crippen molar-refractivity contribution in [2.45, 2.75) is 6.92 Å². The number of oxazole rings is 1. The number of nitrogens with zero attached hydrogens (tertiary/aromatic N) is 5. The number of fused-ring (bicyclic) bond motifs is 1. The number of rotatable bonds is 9. The summed E-state index contributed by atoms with van der Waals surface area (Å²) in [4.78, 5) is 26.5. The zero-order valence-electron chi connectivity index (χ0n) is 23.2. The predicted molar refractivity (Wildman–Crippen MR) is 159 cm³/mol. The first-order chi connectivity index (χ1) is 20.5. The van der Waals surface area contributed by atoms with Crippen molar-refractivity contribution in [1.29, 1.82) is 0 Å². The SMILES string of the molecule is CCOC(=O)c1cnc(Nc2cc(-c3ccccc3)nn2C)nc1Nc1cccc(-c2nc3ccccc3o2)c1OC. The number of ether oxygens (including phenoxy) is 2. The Labute approximate surface area is 241 Å². The highest BCUT2D eigenvalue weighted by molar-refractivity contribution is 5.96. The molecule has 2 N–H and O–H groups in total. The molecule has 0 atom stereocenters. The number of hydrogen-bond acceptors (Lipinski definition) is 10. The molecule has 0 aliphatic heterocycles. The van der Waals surface area contributed by atoms with Gasteiger partial charge in [0.05, 0.1) is 30.7 Å². The Morgan fingerprint density at radius 3 is 2.57 bits per heavy atom. The normalized spacial score (nSPS) is 10.9. The second-order valence-electron chi connectivity index (χ2n) is 9.20. The third-order valence-corrected chi connectivity index (χ3v) is 6.47. The van der Waals surface area contributed by atoms with E-state index in [9.17, 15) is 4.79 Å². The van der Waals surface area contributed by atoms with Crippen LogP contribution in [0.1, 0.15) is 17.3 Å². The van der Waals surface area contributed by atoms with Gasteiger partial charge in [-0.1, -0.05) is 48.5 Å². The average Bonchev–Trinajstić information content (AvgIpc) is 3.61. The van der Waals surface area contributed by atoms with Gasteiger partial charge in [0.1, 0.15) is 16.9 Å². The van der Waals surface area contributed by atoms with Gasteiger partial charge in [-0.05, 0) is 31.2 Å². The summed E-state index contributed by atoms with van der Waals surface area (Å²) in [5, 5.41) is 11.0. The van der Waals surface area contributed by atoms with Crippen LogP contribution in [0, 0.1) is 0 Å². The minimum atomic E-state index is -0.562. The van der Waals surface area contributed by atoms with E-state index in [0.717, 1.165) is 16.8 Å². The van der Waals surface area contributed by atoms with Crippen LogP contribution < -0.4 is 15.4 Å². The predicted octanol–water partition coefficient (Wildman–Crippen LogP) is 6.36. The second-order valence-corrected chi connectivity index (χ2v) is 9.20. The fraction of sp³-hybridized carbons (Fsp3) is 0.129. The van der Waals surface area contributed by atoms with Crippen molar-refractivity contribution in [1.82, 2.24) is 24.7 Å². The lowest BCUT2D eigenvalue weighted by atomic mass is 10.1. The maximum atomic E-state index is 12.8. The summed E-state index contributed by atoms with van der Waals surface area (Å²) >= 11 is 0. The van der Waals surface area contributed by atoms with Crippen LogP contribution in [0.3, 0.4) is 0 Å². The van der Waals surface area contributed by atoms with E-state index in [1.165, 1.54) is 6.20 Å². The van der Waals surface area contributed by atoms with Crippen LogP contribution in [0.15, 0.2) is 89.5 Å². The van der Waals surface area contributed by atoms with Gasteiger partial charge in [0.25, 0.3) is 0 Å². The third kappa shape index (κ3) is 5.22. The zero-order valence-corrected chi connectivity index (χ0v) is 23.2. The molecule has 0 saturated carbocycles. The summed E-state index contributed by atoms with van der Waals surface area (Å²) in [5.74, 6) is 1.45. The Morgan fingerprint density at radius 2 is 1.79 bits per heavy atom. The van der Waals surface area contributed by atoms with Crippen molar-refractivity contribution >= 4 is 40.3 Å². The van der Waals surface area contributed by atoms with E-state index in [1.807, 2.05) is 85.9 Å². The average molecular weight is 562 g/mol. The van der Waals surface area contributed by atoms with Gasteiger partial charge >= 0.3 is 5.97 Å². The molecular weight excluding hydrogens is 534 g/mol. The van der Waals surface area contributed by atoms with Crippen molar-refractivity contribution in [2.24, 2.45) is 7.05 Å². The number of nitrogens with one attached hydrogen (secondary N) is 2. The van der Waals surface area contributed by atoms with Gasteiger partial charge in [-0.3, -0.25) is 4.68 Å². The number of esters is 1. The van der Waals surface area contributed by atoms with Gasteiger partial charge in [0, 0.05) is 24.9 Å². The number of carbonyl (C=O) groups excluding carboxylic acids is 1. The molecule has 0 aliphatic rings. The van der Waals surface area contributed by atoms with Crippen molar-refractivity contribution in [3.05, 3.63) is 90.6 Å². The second kappa shape index (κ2) is 11.4. The van der Waals surface area contributed by atoms with E-state index < -0.39 is 5.97 Å². The van der Waals surface area contributed by atoms with Crippen LogP contribution >= 0.6 is 0 Å². The van der Waals surface area contributed by atoms with Crippen LogP contribution in [0.25, 0.3) is 33.8 Å². The van der Waals surface area contributed by atoms with Crippen molar-refractivity contribution < 1.29 is 18.7 Å². The van der Waals surface area contributed by atoms with E-state index in [2.05, 4.69) is 30.7 Å². The highest BCUT2D eigenvalue weighted by Crippen LogP contribution is 2.39. The molecule has 3 aromatic heterocycles. The number of carbonyl (C=O) groups is 1. The Bertz CT molecular complexity index is 1850. The van der Waals surface area contributed by atoms with Crippen molar-refractivity contribution in [2.75, 3.05) is 24.4 Å². The topological polar surface area (TPSA) is 129 Å². The Kier molecular flexibility index (Phi) is 7.21. The monoisotopic (exact) mass is 561 g/mol. The fourth-order valence-electron chi connectivity index (χ4n) is 4.48. The first kappa shape index (κ1) is 26.5. The molecule has 6 rings (SSSR count). The van der Waals surface area contributed by atoms with Crippen LogP contribution in [-0.2, 0) is 11.8 Å². The molecule has 0 unspecified atom stereocenters. The molecule has 210 valence electrons. The van der Waals surface area contributed by atoms with Gasteiger partial charge in [-0.2, -0.15) is 10.1 Å². The molecular formula is C31H27N7O4. The summed E-state index contributed by atoms with van der Waals surface area (Å²) in [5.41, 5.74) is 4.50. The number of benzene rings is 3. The Balaban J connectivity index is 1.36. The minimum Gasteiger partial charge on any atom is -0.494 e. The lowest BCUT2D eigenvalue weighted by molar-refractivity contribution is 0.0526. The quantitative estimate of drug-likeness (QED) is 0.192. The summed E-state index contributed by atoms with van der Waals surface area (Å²) in [6, 6.07) is 24.8. The Hall–Kier alpha value is -5.71. The molecule has 0 bridgehead atoms. The summed E-state index contributed by atoms with van der Waals surface area (Å²) < 4.78 is 18.7. The van der Waals surface area contributed by atoms with E-state index in [4.69, 9.17) is 13.9 Å². The zero-order chi connectivity index (χ0) is 29.1. The highest BCUT2D eigenvalue weighted by Gasteiger charge is 2.21. The fourth-order valence-corrected chi connectivity index (χ4v) is 4.48. The number of aryl methyl sites for hydroxylation is 1. The van der Waals surface area contributed by atoms with Crippen LogP contribution in [0.4, 0.5) is 23.3 Å². The first-order valence-corrected chi connectivity index (χ1v) is 13.2. The van der Waals surface area contributed by atoms with Crippen molar-refractivity contribution in [3.8, 4) is 28.5 Å². The molecule has 0 fully saturated rings. The van der Waals surface area contributed by atoms with E-state index >= 15 is 0 Å². The molecule has 0 aliphatic carbocycles. The van der Waals surface area contributed by atoms with Crippen molar-refractivity contribution in [3.63, 3.8) is 0 Å². The first-order valence-electron chi connectivity index (χ1n) is 13.2. The third-order valence-electron chi connectivity index (χ3n) is 6.47. The standard InChI is InChI=1S/C31H27N7O4/c1-4-41-30(39)21-18-32-31(35-26-17-24(37-38(26)2)19-11-6-5-7-12-19)36-28(21)33-23-15-10-13-20(27(23)40-3)29-34-22-14-8-9-16-25(22)42-29/h5-18H,4H2,1-3H3,(H2,32,33,35,36). The van der Waals surface area contributed by atoms with Gasteiger partial charge in [-0.25, -0.2) is 14.8 Å². The van der Waals surface area contributed by atoms with E-state index in [-0.39, 0.29) is 23.9 Å². The largest absolute Gasteiger partial charge is 0.494 e. The molecule has 3 aromatic carbocycles. The lowest BCUT2D eigenvalue weighted by Crippen LogP contribution is -2.12. The molecule has 42 heavy (non-hydrogen) atoms. The summed E-state index contributed by atoms with van der Waals surface area (Å²) in [6.45, 7) is 1.94. The molecule has 6 aromatic rings. The summed E-state index contributed by atoms with van der Waals surface area (Å²) in [7, 11) is 3.38. The molecule has 3 heterocycles. The molecule has 0 saturated heterocycles. The van der Waals surface area contributed by atoms with E-state index in [0.29, 0.717) is 34.3 Å². The van der Waals surface area contributed by atoms with E-state index in [1.54, 1.807) is 18.7 Å². The van der Waals surface area contributed by atoms with Gasteiger partial charge in [-0.15, -0.1) is 0 Å². The van der Waals surface area contributed by atoms with Crippen LogP contribution in [0.5, 0.6) is 5.75 Å². The van der Waals surface area contributed by atoms with Crippen LogP contribution in [-0.4, -0.2) is 44.4 Å². The maximum Gasteiger partial charge on any atom is 0.343 e. The molecule has 0 amide bonds. The number of para-hydroxylation sites is 3. The summed E-state index contributed by atoms with van der Waals surface area (Å²) in [6.07, 6.45) is 1.42. The van der Waals surface area contributed by atoms with Gasteiger partial charge < -0.3 is 24.5 Å². The molecule has 0 spiro atoms. The Morgan fingerprint density at radius 1 is 0.976 bits per heavy atom. The minimum absolute atomic E-state index is 0.159. The molecule has 0 radical (unpaired) electrons. The smallest absolute Gasteiger partial charge is 0.343 e.